The molecular weight excluding hydrogens is 507 g/mol. The first-order chi connectivity index (χ1) is 12.2. The van der Waals surface area contributed by atoms with E-state index in [9.17, 15) is 0 Å². The van der Waals surface area contributed by atoms with E-state index in [4.69, 9.17) is 4.74 Å². The van der Waals surface area contributed by atoms with E-state index in [-0.39, 0.29) is 24.0 Å². The second kappa shape index (κ2) is 11.5. The molecule has 2 aliphatic heterocycles. The van der Waals surface area contributed by atoms with Crippen LogP contribution in [-0.2, 0) is 11.3 Å². The van der Waals surface area contributed by atoms with Crippen LogP contribution in [0.4, 0.5) is 0 Å². The van der Waals surface area contributed by atoms with Crippen LogP contribution in [0, 0.1) is 5.92 Å². The van der Waals surface area contributed by atoms with Crippen LogP contribution in [0.3, 0.4) is 0 Å². The molecule has 1 aromatic carbocycles. The van der Waals surface area contributed by atoms with Gasteiger partial charge in [0.15, 0.2) is 5.96 Å². The average molecular weight is 537 g/mol. The van der Waals surface area contributed by atoms with Gasteiger partial charge in [-0.05, 0) is 42.9 Å². The second-order valence-corrected chi connectivity index (χ2v) is 7.92. The van der Waals surface area contributed by atoms with Gasteiger partial charge in [-0.25, -0.2) is 0 Å². The SMILES string of the molecule is CN=C(NCc1ccc(Br)cc1)NC1CCN(CC2CCOC2)CC1.I. The molecule has 2 saturated heterocycles. The number of guanidine groups is 1. The number of piperidine rings is 1. The summed E-state index contributed by atoms with van der Waals surface area (Å²) < 4.78 is 6.60. The maximum atomic E-state index is 5.49. The monoisotopic (exact) mass is 536 g/mol. The van der Waals surface area contributed by atoms with Crippen LogP contribution in [0.1, 0.15) is 24.8 Å². The van der Waals surface area contributed by atoms with E-state index in [0.29, 0.717) is 6.04 Å². The first-order valence-corrected chi connectivity index (χ1v) is 10.0. The first kappa shape index (κ1) is 21.9. The molecule has 0 bridgehead atoms. The Bertz CT molecular complexity index is 555. The number of ether oxygens (including phenoxy) is 1. The molecule has 2 fully saturated rings. The third-order valence-electron chi connectivity index (χ3n) is 5.07. The normalized spacial score (nSPS) is 22.1. The number of hydrogen-bond donors (Lipinski definition) is 2. The Hall–Kier alpha value is -0.380. The van der Waals surface area contributed by atoms with Crippen LogP contribution >= 0.6 is 39.9 Å². The number of hydrogen-bond acceptors (Lipinski definition) is 3. The largest absolute Gasteiger partial charge is 0.381 e. The number of nitrogens with one attached hydrogen (secondary N) is 2. The van der Waals surface area contributed by atoms with E-state index >= 15 is 0 Å². The zero-order valence-electron chi connectivity index (χ0n) is 15.4. The van der Waals surface area contributed by atoms with Gasteiger partial charge in [0.05, 0.1) is 6.61 Å². The third kappa shape index (κ3) is 6.98. The van der Waals surface area contributed by atoms with Crippen LogP contribution in [0.5, 0.6) is 0 Å². The van der Waals surface area contributed by atoms with Gasteiger partial charge in [-0.3, -0.25) is 4.99 Å². The molecule has 1 unspecified atom stereocenters. The van der Waals surface area contributed by atoms with E-state index in [1.807, 2.05) is 7.05 Å². The molecule has 0 aliphatic carbocycles. The quantitative estimate of drug-likeness (QED) is 0.344. The van der Waals surface area contributed by atoms with Crippen molar-refractivity contribution in [3.05, 3.63) is 34.3 Å². The lowest BCUT2D eigenvalue weighted by atomic mass is 10.0. The Morgan fingerprint density at radius 1 is 1.23 bits per heavy atom. The number of likely N-dealkylation sites (tertiary alicyclic amines) is 1. The third-order valence-corrected chi connectivity index (χ3v) is 5.59. The van der Waals surface area contributed by atoms with E-state index in [1.54, 1.807) is 0 Å². The Balaban J connectivity index is 0.00000243. The van der Waals surface area contributed by atoms with Gasteiger partial charge in [0, 0.05) is 50.3 Å². The minimum Gasteiger partial charge on any atom is -0.381 e. The van der Waals surface area contributed by atoms with Crippen molar-refractivity contribution in [1.82, 2.24) is 15.5 Å². The van der Waals surface area contributed by atoms with Crippen molar-refractivity contribution in [2.75, 3.05) is 39.9 Å². The Morgan fingerprint density at radius 2 is 1.96 bits per heavy atom. The molecule has 146 valence electrons. The maximum absolute atomic E-state index is 5.49. The fraction of sp³-hybridized carbons (Fsp3) is 0.632. The van der Waals surface area contributed by atoms with Crippen molar-refractivity contribution in [2.45, 2.75) is 31.8 Å². The van der Waals surface area contributed by atoms with E-state index in [0.717, 1.165) is 49.2 Å². The zero-order valence-corrected chi connectivity index (χ0v) is 19.3. The zero-order chi connectivity index (χ0) is 17.5. The van der Waals surface area contributed by atoms with Crippen molar-refractivity contribution >= 4 is 45.9 Å². The summed E-state index contributed by atoms with van der Waals surface area (Å²) in [7, 11) is 1.84. The summed E-state index contributed by atoms with van der Waals surface area (Å²) in [4.78, 5) is 6.96. The van der Waals surface area contributed by atoms with E-state index < -0.39 is 0 Å². The second-order valence-electron chi connectivity index (χ2n) is 7.00. The van der Waals surface area contributed by atoms with Crippen LogP contribution in [-0.4, -0.2) is 56.8 Å². The summed E-state index contributed by atoms with van der Waals surface area (Å²) in [6.07, 6.45) is 3.57. The van der Waals surface area contributed by atoms with Crippen molar-refractivity contribution in [3.63, 3.8) is 0 Å². The summed E-state index contributed by atoms with van der Waals surface area (Å²) in [5, 5.41) is 7.00. The lowest BCUT2D eigenvalue weighted by molar-refractivity contribution is 0.150. The molecule has 0 spiro atoms. The highest BCUT2D eigenvalue weighted by atomic mass is 127. The number of rotatable bonds is 5. The predicted octanol–water partition coefficient (Wildman–Crippen LogP) is 3.23. The molecule has 2 N–H and O–H groups in total. The molecule has 3 rings (SSSR count). The number of benzene rings is 1. The van der Waals surface area contributed by atoms with Gasteiger partial charge < -0.3 is 20.3 Å². The molecule has 5 nitrogen and oxygen atoms in total. The van der Waals surface area contributed by atoms with Crippen molar-refractivity contribution in [3.8, 4) is 0 Å². The van der Waals surface area contributed by atoms with Gasteiger partial charge in [-0.15, -0.1) is 24.0 Å². The van der Waals surface area contributed by atoms with Crippen molar-refractivity contribution in [1.29, 1.82) is 0 Å². The highest BCUT2D eigenvalue weighted by Crippen LogP contribution is 2.17. The molecule has 7 heteroatoms. The maximum Gasteiger partial charge on any atom is 0.191 e. The Labute approximate surface area is 182 Å². The number of halogens is 2. The van der Waals surface area contributed by atoms with Gasteiger partial charge in [0.2, 0.25) is 0 Å². The average Bonchev–Trinajstić information content (AvgIpc) is 3.14. The smallest absolute Gasteiger partial charge is 0.191 e. The van der Waals surface area contributed by atoms with Gasteiger partial charge in [-0.2, -0.15) is 0 Å². The molecular formula is C19H30BrIN4O. The molecule has 1 atom stereocenters. The summed E-state index contributed by atoms with van der Waals surface area (Å²) >= 11 is 3.47. The van der Waals surface area contributed by atoms with Gasteiger partial charge >= 0.3 is 0 Å². The first-order valence-electron chi connectivity index (χ1n) is 9.24. The fourth-order valence-corrected chi connectivity index (χ4v) is 3.79. The molecule has 2 heterocycles. The summed E-state index contributed by atoms with van der Waals surface area (Å²) in [5.41, 5.74) is 1.25. The fourth-order valence-electron chi connectivity index (χ4n) is 3.53. The molecule has 0 saturated carbocycles. The highest BCUT2D eigenvalue weighted by Gasteiger charge is 2.24. The van der Waals surface area contributed by atoms with E-state index in [2.05, 4.69) is 60.7 Å². The Morgan fingerprint density at radius 3 is 2.58 bits per heavy atom. The lowest BCUT2D eigenvalue weighted by Crippen LogP contribution is -2.49. The summed E-state index contributed by atoms with van der Waals surface area (Å²) in [5.74, 6) is 1.63. The van der Waals surface area contributed by atoms with Gasteiger partial charge in [-0.1, -0.05) is 28.1 Å². The van der Waals surface area contributed by atoms with Gasteiger partial charge in [0.25, 0.3) is 0 Å². The topological polar surface area (TPSA) is 48.9 Å². The highest BCUT2D eigenvalue weighted by molar-refractivity contribution is 14.0. The van der Waals surface area contributed by atoms with E-state index in [1.165, 1.54) is 31.4 Å². The molecule has 0 aromatic heterocycles. The lowest BCUT2D eigenvalue weighted by Gasteiger charge is -2.34. The predicted molar refractivity (Wildman–Crippen MR) is 121 cm³/mol. The molecule has 1 aromatic rings. The number of aliphatic imine (C=N–C) groups is 1. The van der Waals surface area contributed by atoms with Crippen molar-refractivity contribution < 1.29 is 4.74 Å². The molecule has 0 amide bonds. The molecule has 0 radical (unpaired) electrons. The minimum atomic E-state index is 0. The summed E-state index contributed by atoms with van der Waals surface area (Å²) in [6.45, 7) is 6.21. The standard InChI is InChI=1S/C19H29BrN4O.HI/c1-21-19(22-12-15-2-4-17(20)5-3-15)23-18-6-9-24(10-7-18)13-16-8-11-25-14-16;/h2-5,16,18H,6-14H2,1H3,(H2,21,22,23);1H. The molecule has 2 aliphatic rings. The van der Waals surface area contributed by atoms with Crippen LogP contribution < -0.4 is 10.6 Å². The van der Waals surface area contributed by atoms with Crippen LogP contribution in [0.15, 0.2) is 33.7 Å². The van der Waals surface area contributed by atoms with Crippen molar-refractivity contribution in [2.24, 2.45) is 10.9 Å². The number of nitrogens with zero attached hydrogens (tertiary/aromatic N) is 2. The summed E-state index contributed by atoms with van der Waals surface area (Å²) in [6, 6.07) is 8.88. The minimum absolute atomic E-state index is 0. The Kier molecular flexibility index (Phi) is 9.66. The van der Waals surface area contributed by atoms with Gasteiger partial charge in [0.1, 0.15) is 0 Å². The van der Waals surface area contributed by atoms with Crippen LogP contribution in [0.2, 0.25) is 0 Å². The van der Waals surface area contributed by atoms with Crippen LogP contribution in [0.25, 0.3) is 0 Å². The molecule has 26 heavy (non-hydrogen) atoms.